The Morgan fingerprint density at radius 1 is 1.06 bits per heavy atom. The third kappa shape index (κ3) is 3.60. The van der Waals surface area contributed by atoms with Crippen LogP contribution in [-0.4, -0.2) is 47.6 Å². The van der Waals surface area contributed by atoms with Gasteiger partial charge in [-0.1, -0.05) is 12.1 Å². The molecular formula is C26H25N3O6. The van der Waals surface area contributed by atoms with Gasteiger partial charge in [-0.25, -0.2) is 4.79 Å². The Morgan fingerprint density at radius 2 is 1.77 bits per heavy atom. The molecule has 3 aromatic rings. The van der Waals surface area contributed by atoms with Gasteiger partial charge in [0.2, 0.25) is 6.79 Å². The standard InChI is InChI=1S/C26H25N3O6/c1-15-11-20(16(2)29(15)18-7-10-22-23(12-18)35-14-34-22)21(30)13-28-24(31)26(3,27-25(28)32)17-5-8-19(33-4)9-6-17/h5-12H,13-14H2,1-4H3,(H,27,32)/t26-/m0/s1. The van der Waals surface area contributed by atoms with Crippen molar-refractivity contribution in [3.63, 3.8) is 0 Å². The largest absolute Gasteiger partial charge is 0.497 e. The third-order valence-electron chi connectivity index (χ3n) is 6.59. The zero-order chi connectivity index (χ0) is 24.9. The smallest absolute Gasteiger partial charge is 0.325 e. The number of hydrogen-bond acceptors (Lipinski definition) is 6. The monoisotopic (exact) mass is 475 g/mol. The average Bonchev–Trinajstić information content (AvgIpc) is 3.50. The average molecular weight is 476 g/mol. The van der Waals surface area contributed by atoms with Crippen LogP contribution in [0.3, 0.4) is 0 Å². The number of hydrogen-bond donors (Lipinski definition) is 1. The molecule has 2 aromatic carbocycles. The van der Waals surface area contributed by atoms with Gasteiger partial charge in [0, 0.05) is 28.7 Å². The van der Waals surface area contributed by atoms with Gasteiger partial charge in [0.1, 0.15) is 11.3 Å². The van der Waals surface area contributed by atoms with Crippen molar-refractivity contribution >= 4 is 17.7 Å². The molecule has 9 nitrogen and oxygen atoms in total. The summed E-state index contributed by atoms with van der Waals surface area (Å²) in [5.74, 6) is 1.14. The normalized spacial score (nSPS) is 18.7. The van der Waals surface area contributed by atoms with Gasteiger partial charge in [0.15, 0.2) is 17.3 Å². The lowest BCUT2D eigenvalue weighted by Crippen LogP contribution is -2.41. The van der Waals surface area contributed by atoms with Gasteiger partial charge in [-0.15, -0.1) is 0 Å². The van der Waals surface area contributed by atoms with Crippen LogP contribution in [-0.2, 0) is 10.3 Å². The molecule has 1 saturated heterocycles. The topological polar surface area (TPSA) is 99.1 Å². The molecular weight excluding hydrogens is 450 g/mol. The minimum Gasteiger partial charge on any atom is -0.497 e. The van der Waals surface area contributed by atoms with E-state index < -0.39 is 17.5 Å². The SMILES string of the molecule is COc1ccc([C@]2(C)NC(=O)N(CC(=O)c3cc(C)n(-c4ccc5c(c4)OCO5)c3C)C2=O)cc1. The first-order valence-corrected chi connectivity index (χ1v) is 11.1. The van der Waals surface area contributed by atoms with Gasteiger partial charge >= 0.3 is 6.03 Å². The molecule has 1 N–H and O–H groups in total. The summed E-state index contributed by atoms with van der Waals surface area (Å²) < 4.78 is 18.0. The molecule has 180 valence electrons. The van der Waals surface area contributed by atoms with Crippen LogP contribution in [0.4, 0.5) is 4.79 Å². The molecule has 2 aliphatic heterocycles. The summed E-state index contributed by atoms with van der Waals surface area (Å²) in [5.41, 5.74) is 2.14. The fourth-order valence-electron chi connectivity index (χ4n) is 4.66. The molecule has 1 atom stereocenters. The van der Waals surface area contributed by atoms with Crippen molar-refractivity contribution < 1.29 is 28.6 Å². The van der Waals surface area contributed by atoms with Crippen LogP contribution in [0.1, 0.15) is 34.2 Å². The fourth-order valence-corrected chi connectivity index (χ4v) is 4.66. The second-order valence-corrected chi connectivity index (χ2v) is 8.76. The Labute approximate surface area is 202 Å². The maximum Gasteiger partial charge on any atom is 0.325 e. The summed E-state index contributed by atoms with van der Waals surface area (Å²) in [6.45, 7) is 5.17. The lowest BCUT2D eigenvalue weighted by atomic mass is 9.92. The number of benzene rings is 2. The summed E-state index contributed by atoms with van der Waals surface area (Å²) in [5, 5.41) is 2.74. The Balaban J connectivity index is 1.39. The van der Waals surface area contributed by atoms with Crippen LogP contribution in [0.2, 0.25) is 0 Å². The van der Waals surface area contributed by atoms with Crippen molar-refractivity contribution in [2.24, 2.45) is 0 Å². The summed E-state index contributed by atoms with van der Waals surface area (Å²) >= 11 is 0. The summed E-state index contributed by atoms with van der Waals surface area (Å²) in [6, 6.07) is 13.6. The Hall–Kier alpha value is -4.27. The maximum absolute atomic E-state index is 13.3. The van der Waals surface area contributed by atoms with Gasteiger partial charge < -0.3 is 24.1 Å². The zero-order valence-corrected chi connectivity index (χ0v) is 19.9. The Kier molecular flexibility index (Phi) is 5.27. The number of ether oxygens (including phenoxy) is 3. The number of aromatic nitrogens is 1. The van der Waals surface area contributed by atoms with Crippen molar-refractivity contribution in [3.8, 4) is 22.9 Å². The van der Waals surface area contributed by atoms with E-state index in [-0.39, 0.29) is 19.1 Å². The fraction of sp³-hybridized carbons (Fsp3) is 0.269. The number of Topliss-reactive ketones (excluding diaryl/α,β-unsaturated/α-hetero) is 1. The van der Waals surface area contributed by atoms with E-state index in [4.69, 9.17) is 14.2 Å². The molecule has 5 rings (SSSR count). The van der Waals surface area contributed by atoms with Crippen molar-refractivity contribution in [3.05, 3.63) is 71.0 Å². The maximum atomic E-state index is 13.3. The molecule has 1 aromatic heterocycles. The van der Waals surface area contributed by atoms with Gasteiger partial charge in [-0.2, -0.15) is 0 Å². The predicted octanol–water partition coefficient (Wildman–Crippen LogP) is 3.48. The van der Waals surface area contributed by atoms with E-state index in [1.165, 1.54) is 0 Å². The first-order valence-electron chi connectivity index (χ1n) is 11.1. The Morgan fingerprint density at radius 3 is 2.49 bits per heavy atom. The first-order chi connectivity index (χ1) is 16.7. The zero-order valence-electron chi connectivity index (χ0n) is 19.9. The summed E-state index contributed by atoms with van der Waals surface area (Å²) in [6.07, 6.45) is 0. The molecule has 0 unspecified atom stereocenters. The van der Waals surface area contributed by atoms with Crippen LogP contribution >= 0.6 is 0 Å². The van der Waals surface area contributed by atoms with Crippen LogP contribution in [0.5, 0.6) is 17.2 Å². The summed E-state index contributed by atoms with van der Waals surface area (Å²) in [7, 11) is 1.55. The van der Waals surface area contributed by atoms with E-state index in [2.05, 4.69) is 5.32 Å². The van der Waals surface area contributed by atoms with Gasteiger partial charge in [-0.05, 0) is 56.7 Å². The Bertz CT molecular complexity index is 1360. The van der Waals surface area contributed by atoms with E-state index in [1.807, 2.05) is 36.6 Å². The number of nitrogens with one attached hydrogen (secondary N) is 1. The molecule has 1 fully saturated rings. The number of imide groups is 1. The summed E-state index contributed by atoms with van der Waals surface area (Å²) in [4.78, 5) is 40.3. The molecule has 0 saturated carbocycles. The number of nitrogens with zero attached hydrogens (tertiary/aromatic N) is 2. The van der Waals surface area contributed by atoms with Gasteiger partial charge in [-0.3, -0.25) is 14.5 Å². The minimum atomic E-state index is -1.27. The van der Waals surface area contributed by atoms with Crippen LogP contribution in [0.15, 0.2) is 48.5 Å². The van der Waals surface area contributed by atoms with E-state index in [1.54, 1.807) is 44.4 Å². The lowest BCUT2D eigenvalue weighted by Gasteiger charge is -2.22. The van der Waals surface area contributed by atoms with Crippen molar-refractivity contribution in [2.75, 3.05) is 20.4 Å². The molecule has 3 amide bonds. The number of urea groups is 1. The third-order valence-corrected chi connectivity index (χ3v) is 6.59. The van der Waals surface area contributed by atoms with Crippen molar-refractivity contribution in [1.82, 2.24) is 14.8 Å². The van der Waals surface area contributed by atoms with Gasteiger partial charge in [0.05, 0.1) is 13.7 Å². The highest BCUT2D eigenvalue weighted by Gasteiger charge is 2.49. The first kappa shape index (κ1) is 22.5. The van der Waals surface area contributed by atoms with E-state index in [9.17, 15) is 14.4 Å². The van der Waals surface area contributed by atoms with Crippen molar-refractivity contribution in [1.29, 1.82) is 0 Å². The number of amides is 3. The van der Waals surface area contributed by atoms with Gasteiger partial charge in [0.25, 0.3) is 5.91 Å². The van der Waals surface area contributed by atoms with Crippen molar-refractivity contribution in [2.45, 2.75) is 26.3 Å². The molecule has 9 heteroatoms. The van der Waals surface area contributed by atoms with E-state index in [0.717, 1.165) is 16.3 Å². The van der Waals surface area contributed by atoms with Crippen LogP contribution in [0.25, 0.3) is 5.69 Å². The molecule has 0 aliphatic carbocycles. The van der Waals surface area contributed by atoms with Crippen LogP contribution < -0.4 is 19.5 Å². The second-order valence-electron chi connectivity index (χ2n) is 8.76. The lowest BCUT2D eigenvalue weighted by molar-refractivity contribution is -0.130. The minimum absolute atomic E-state index is 0.174. The number of rotatable bonds is 6. The number of carbonyl (C=O) groups excluding carboxylic acids is 3. The number of carbonyl (C=O) groups is 3. The number of methoxy groups -OCH3 is 1. The molecule has 0 spiro atoms. The molecule has 2 aliphatic rings. The molecule has 0 radical (unpaired) electrons. The molecule has 35 heavy (non-hydrogen) atoms. The quantitative estimate of drug-likeness (QED) is 0.433. The number of ketones is 1. The highest BCUT2D eigenvalue weighted by atomic mass is 16.7. The highest BCUT2D eigenvalue weighted by molar-refractivity contribution is 6.11. The second kappa shape index (κ2) is 8.19. The number of fused-ring (bicyclic) bond motifs is 1. The molecule has 0 bridgehead atoms. The highest BCUT2D eigenvalue weighted by Crippen LogP contribution is 2.35. The van der Waals surface area contributed by atoms with E-state index in [0.29, 0.717) is 34.1 Å². The van der Waals surface area contributed by atoms with E-state index >= 15 is 0 Å². The predicted molar refractivity (Wildman–Crippen MR) is 126 cm³/mol. The van der Waals surface area contributed by atoms with Crippen LogP contribution in [0, 0.1) is 13.8 Å². The number of aryl methyl sites for hydroxylation is 1. The molecule has 3 heterocycles.